The molecule has 0 bridgehead atoms. The van der Waals surface area contributed by atoms with Gasteiger partial charge in [-0.25, -0.2) is 4.39 Å². The fourth-order valence-corrected chi connectivity index (χ4v) is 1.35. The summed E-state index contributed by atoms with van der Waals surface area (Å²) in [4.78, 5) is 0. The van der Waals surface area contributed by atoms with Crippen LogP contribution in [0, 0.1) is 5.82 Å². The second-order valence-electron chi connectivity index (χ2n) is 2.12. The maximum absolute atomic E-state index is 12.8. The highest BCUT2D eigenvalue weighted by atomic mass is 35.5. The molecular weight excluding hydrogens is 225 g/mol. The van der Waals surface area contributed by atoms with E-state index in [1.54, 1.807) is 0 Å². The van der Waals surface area contributed by atoms with Crippen LogP contribution in [0.3, 0.4) is 0 Å². The molecule has 5 heteroatoms. The van der Waals surface area contributed by atoms with Crippen molar-refractivity contribution in [3.63, 3.8) is 0 Å². The van der Waals surface area contributed by atoms with E-state index in [1.807, 2.05) is 0 Å². The van der Waals surface area contributed by atoms with Crippen molar-refractivity contribution in [2.45, 2.75) is 6.61 Å². The van der Waals surface area contributed by atoms with Gasteiger partial charge in [0, 0.05) is 5.56 Å². The van der Waals surface area contributed by atoms with Crippen LogP contribution in [-0.4, -0.2) is 5.11 Å². The molecule has 1 rings (SSSR count). The quantitative estimate of drug-likeness (QED) is 0.579. The fourth-order valence-electron chi connectivity index (χ4n) is 0.737. The first-order valence-corrected chi connectivity index (χ1v) is 4.14. The molecule has 0 aliphatic heterocycles. The molecule has 0 fully saturated rings. The van der Waals surface area contributed by atoms with Crippen LogP contribution in [0.4, 0.5) is 4.39 Å². The Morgan fingerprint density at radius 1 is 1.17 bits per heavy atom. The van der Waals surface area contributed by atoms with E-state index in [0.717, 1.165) is 6.07 Å². The lowest BCUT2D eigenvalue weighted by molar-refractivity contribution is 0.281. The number of aliphatic hydroxyl groups excluding tert-OH is 1. The molecule has 1 aromatic carbocycles. The van der Waals surface area contributed by atoms with Gasteiger partial charge >= 0.3 is 0 Å². The van der Waals surface area contributed by atoms with Gasteiger partial charge in [-0.2, -0.15) is 0 Å². The van der Waals surface area contributed by atoms with Crippen LogP contribution in [-0.2, 0) is 6.61 Å². The van der Waals surface area contributed by atoms with Gasteiger partial charge in [0.1, 0.15) is 5.82 Å². The van der Waals surface area contributed by atoms with Gasteiger partial charge in [-0.1, -0.05) is 34.8 Å². The molecule has 0 aliphatic carbocycles. The number of hydrogen-bond acceptors (Lipinski definition) is 1. The van der Waals surface area contributed by atoms with E-state index in [9.17, 15) is 4.39 Å². The van der Waals surface area contributed by atoms with Gasteiger partial charge in [0.25, 0.3) is 0 Å². The fraction of sp³-hybridized carbons (Fsp3) is 0.143. The summed E-state index contributed by atoms with van der Waals surface area (Å²) in [7, 11) is 0. The van der Waals surface area contributed by atoms with Gasteiger partial charge in [0.2, 0.25) is 0 Å². The van der Waals surface area contributed by atoms with E-state index >= 15 is 0 Å². The topological polar surface area (TPSA) is 20.2 Å². The predicted octanol–water partition coefficient (Wildman–Crippen LogP) is 3.28. The zero-order valence-corrected chi connectivity index (χ0v) is 8.01. The normalized spacial score (nSPS) is 10.4. The molecule has 66 valence electrons. The van der Waals surface area contributed by atoms with E-state index in [4.69, 9.17) is 39.9 Å². The number of aliphatic hydroxyl groups is 1. The second kappa shape index (κ2) is 3.79. The second-order valence-corrected chi connectivity index (χ2v) is 3.25. The molecule has 1 nitrogen and oxygen atoms in total. The Morgan fingerprint density at radius 3 is 2.25 bits per heavy atom. The third kappa shape index (κ3) is 1.67. The SMILES string of the molecule is OCc1cc(F)c(Cl)c(Cl)c1Cl. The van der Waals surface area contributed by atoms with Gasteiger partial charge in [-0.15, -0.1) is 0 Å². The lowest BCUT2D eigenvalue weighted by atomic mass is 10.2. The Morgan fingerprint density at radius 2 is 1.75 bits per heavy atom. The first-order chi connectivity index (χ1) is 5.57. The molecule has 0 saturated carbocycles. The van der Waals surface area contributed by atoms with Crippen molar-refractivity contribution >= 4 is 34.8 Å². The van der Waals surface area contributed by atoms with E-state index < -0.39 is 5.82 Å². The number of halogens is 4. The largest absolute Gasteiger partial charge is 0.392 e. The molecule has 0 aromatic heterocycles. The van der Waals surface area contributed by atoms with Gasteiger partial charge in [-0.3, -0.25) is 0 Å². The summed E-state index contributed by atoms with van der Waals surface area (Å²) in [5, 5.41) is 8.50. The van der Waals surface area contributed by atoms with Crippen LogP contribution in [0.2, 0.25) is 15.1 Å². The monoisotopic (exact) mass is 228 g/mol. The van der Waals surface area contributed by atoms with Crippen molar-refractivity contribution in [3.05, 3.63) is 32.5 Å². The van der Waals surface area contributed by atoms with Crippen LogP contribution in [0.1, 0.15) is 5.56 Å². The van der Waals surface area contributed by atoms with Crippen molar-refractivity contribution in [1.82, 2.24) is 0 Å². The Labute approximate surface area is 83.7 Å². The molecule has 0 spiro atoms. The summed E-state index contributed by atoms with van der Waals surface area (Å²) < 4.78 is 12.8. The predicted molar refractivity (Wildman–Crippen MR) is 47.4 cm³/mol. The first kappa shape index (κ1) is 10.1. The summed E-state index contributed by atoms with van der Waals surface area (Å²) >= 11 is 16.6. The zero-order chi connectivity index (χ0) is 9.30. The molecule has 0 atom stereocenters. The van der Waals surface area contributed by atoms with Gasteiger partial charge in [0.15, 0.2) is 0 Å². The lowest BCUT2D eigenvalue weighted by Crippen LogP contribution is -1.89. The zero-order valence-electron chi connectivity index (χ0n) is 5.74. The molecular formula is C7H4Cl3FO. The van der Waals surface area contributed by atoms with Crippen LogP contribution in [0.25, 0.3) is 0 Å². The van der Waals surface area contributed by atoms with E-state index in [0.29, 0.717) is 0 Å². The van der Waals surface area contributed by atoms with Crippen LogP contribution in [0.5, 0.6) is 0 Å². The minimum Gasteiger partial charge on any atom is -0.392 e. The van der Waals surface area contributed by atoms with Crippen molar-refractivity contribution in [3.8, 4) is 0 Å². The molecule has 12 heavy (non-hydrogen) atoms. The molecule has 0 radical (unpaired) electrons. The van der Waals surface area contributed by atoms with Crippen molar-refractivity contribution < 1.29 is 9.50 Å². The summed E-state index contributed by atoms with van der Waals surface area (Å²) in [6.45, 7) is -0.368. The summed E-state index contributed by atoms with van der Waals surface area (Å²) in [6, 6.07) is 1.05. The smallest absolute Gasteiger partial charge is 0.143 e. The minimum atomic E-state index is -0.685. The van der Waals surface area contributed by atoms with Gasteiger partial charge in [-0.05, 0) is 6.07 Å². The summed E-state index contributed by atoms with van der Waals surface area (Å²) in [6.07, 6.45) is 0. The molecule has 0 aliphatic rings. The van der Waals surface area contributed by atoms with Crippen LogP contribution in [0.15, 0.2) is 6.07 Å². The molecule has 1 N–H and O–H groups in total. The van der Waals surface area contributed by atoms with Gasteiger partial charge in [0.05, 0.1) is 21.7 Å². The molecule has 1 aromatic rings. The Kier molecular flexibility index (Phi) is 3.18. The number of hydrogen-bond donors (Lipinski definition) is 1. The number of benzene rings is 1. The average Bonchev–Trinajstić information content (AvgIpc) is 2.08. The van der Waals surface area contributed by atoms with Crippen molar-refractivity contribution in [2.75, 3.05) is 0 Å². The third-order valence-corrected chi connectivity index (χ3v) is 2.72. The third-order valence-electron chi connectivity index (χ3n) is 1.35. The molecule has 0 saturated heterocycles. The lowest BCUT2D eigenvalue weighted by Gasteiger charge is -2.04. The highest BCUT2D eigenvalue weighted by Crippen LogP contribution is 2.34. The summed E-state index contributed by atoms with van der Waals surface area (Å²) in [5.41, 5.74) is 0.226. The standard InChI is InChI=1S/C7H4Cl3FO/c8-5-3(2-12)1-4(11)6(9)7(5)10/h1,12H,2H2. The average molecular weight is 229 g/mol. The van der Waals surface area contributed by atoms with Gasteiger partial charge < -0.3 is 5.11 Å². The Bertz CT molecular complexity index is 314. The summed E-state index contributed by atoms with van der Waals surface area (Å²) in [5.74, 6) is -0.685. The first-order valence-electron chi connectivity index (χ1n) is 3.00. The van der Waals surface area contributed by atoms with Crippen LogP contribution < -0.4 is 0 Å². The van der Waals surface area contributed by atoms with Crippen molar-refractivity contribution in [1.29, 1.82) is 0 Å². The molecule has 0 unspecified atom stereocenters. The van der Waals surface area contributed by atoms with Crippen LogP contribution >= 0.6 is 34.8 Å². The maximum atomic E-state index is 12.8. The Hall–Kier alpha value is -0.0200. The van der Waals surface area contributed by atoms with E-state index in [1.165, 1.54) is 0 Å². The minimum absolute atomic E-state index is 0.0672. The van der Waals surface area contributed by atoms with E-state index in [-0.39, 0.29) is 27.2 Å². The maximum Gasteiger partial charge on any atom is 0.143 e. The highest BCUT2D eigenvalue weighted by molar-refractivity contribution is 6.48. The van der Waals surface area contributed by atoms with Crippen molar-refractivity contribution in [2.24, 2.45) is 0 Å². The number of rotatable bonds is 1. The Balaban J connectivity index is 3.39. The molecule has 0 amide bonds. The molecule has 0 heterocycles. The van der Waals surface area contributed by atoms with E-state index in [2.05, 4.69) is 0 Å². The highest BCUT2D eigenvalue weighted by Gasteiger charge is 2.12.